The molecule has 1 heterocycles. The van der Waals surface area contributed by atoms with Crippen molar-refractivity contribution in [3.63, 3.8) is 0 Å². The minimum atomic E-state index is -0.556. The minimum Gasteiger partial charge on any atom is -0.481 e. The van der Waals surface area contributed by atoms with E-state index in [1.165, 1.54) is 0 Å². The van der Waals surface area contributed by atoms with Gasteiger partial charge >= 0.3 is 6.09 Å². The summed E-state index contributed by atoms with van der Waals surface area (Å²) >= 11 is 0. The molecular weight excluding hydrogens is 308 g/mol. The molecule has 6 heteroatoms. The van der Waals surface area contributed by atoms with Crippen molar-refractivity contribution in [2.75, 3.05) is 32.8 Å². The first kappa shape index (κ1) is 18.1. The van der Waals surface area contributed by atoms with Gasteiger partial charge in [0.15, 0.2) is 6.10 Å². The van der Waals surface area contributed by atoms with Gasteiger partial charge in [-0.05, 0) is 44.9 Å². The van der Waals surface area contributed by atoms with Gasteiger partial charge in [0.1, 0.15) is 5.75 Å². The van der Waals surface area contributed by atoms with Gasteiger partial charge in [-0.25, -0.2) is 4.79 Å². The summed E-state index contributed by atoms with van der Waals surface area (Å²) < 4.78 is 10.8. The Kier molecular flexibility index (Phi) is 6.06. The predicted octanol–water partition coefficient (Wildman–Crippen LogP) is 2.37. The quantitative estimate of drug-likeness (QED) is 0.848. The molecule has 1 aromatic carbocycles. The fraction of sp³-hybridized carbons (Fsp3) is 0.556. The lowest BCUT2D eigenvalue weighted by Gasteiger charge is -2.35. The second-order valence-corrected chi connectivity index (χ2v) is 5.97. The molecule has 0 spiro atoms. The number of carbonyl (C=O) groups is 2. The topological polar surface area (TPSA) is 59.1 Å². The number of hydrogen-bond acceptors (Lipinski definition) is 4. The zero-order valence-corrected chi connectivity index (χ0v) is 14.9. The van der Waals surface area contributed by atoms with E-state index >= 15 is 0 Å². The average molecular weight is 334 g/mol. The van der Waals surface area contributed by atoms with Crippen molar-refractivity contribution in [2.24, 2.45) is 0 Å². The van der Waals surface area contributed by atoms with Crippen LogP contribution in [0.2, 0.25) is 0 Å². The fourth-order valence-electron chi connectivity index (χ4n) is 2.67. The van der Waals surface area contributed by atoms with E-state index in [2.05, 4.69) is 0 Å². The van der Waals surface area contributed by atoms with Gasteiger partial charge in [-0.3, -0.25) is 4.79 Å². The van der Waals surface area contributed by atoms with E-state index in [0.717, 1.165) is 16.9 Å². The Labute approximate surface area is 143 Å². The van der Waals surface area contributed by atoms with Crippen LogP contribution < -0.4 is 4.74 Å². The predicted molar refractivity (Wildman–Crippen MR) is 91.2 cm³/mol. The summed E-state index contributed by atoms with van der Waals surface area (Å²) in [5, 5.41) is 0. The van der Waals surface area contributed by atoms with Crippen molar-refractivity contribution in [2.45, 2.75) is 33.8 Å². The number of rotatable bonds is 4. The Hall–Kier alpha value is -2.24. The van der Waals surface area contributed by atoms with Gasteiger partial charge in [0.2, 0.25) is 0 Å². The normalized spacial score (nSPS) is 15.8. The Morgan fingerprint density at radius 2 is 1.75 bits per heavy atom. The smallest absolute Gasteiger partial charge is 0.409 e. The Morgan fingerprint density at radius 3 is 2.38 bits per heavy atom. The largest absolute Gasteiger partial charge is 0.481 e. The van der Waals surface area contributed by atoms with Crippen LogP contribution in [-0.4, -0.2) is 60.7 Å². The molecule has 1 aromatic rings. The Bertz CT molecular complexity index is 595. The van der Waals surface area contributed by atoms with E-state index in [1.807, 2.05) is 32.0 Å². The zero-order valence-electron chi connectivity index (χ0n) is 14.9. The van der Waals surface area contributed by atoms with Crippen LogP contribution in [0.25, 0.3) is 0 Å². The van der Waals surface area contributed by atoms with Crippen LogP contribution in [0, 0.1) is 13.8 Å². The number of nitrogens with zero attached hydrogens (tertiary/aromatic N) is 2. The fourth-order valence-corrected chi connectivity index (χ4v) is 2.67. The first-order valence-corrected chi connectivity index (χ1v) is 8.37. The SMILES string of the molecule is CCOC(=O)N1CCN(C(=O)C(C)Oc2cccc(C)c2C)CC1. The molecule has 6 nitrogen and oxygen atoms in total. The van der Waals surface area contributed by atoms with Crippen molar-refractivity contribution in [1.29, 1.82) is 0 Å². The maximum Gasteiger partial charge on any atom is 0.409 e. The molecule has 2 amide bonds. The van der Waals surface area contributed by atoms with Crippen LogP contribution in [0.3, 0.4) is 0 Å². The maximum atomic E-state index is 12.6. The van der Waals surface area contributed by atoms with Crippen molar-refractivity contribution in [3.8, 4) is 5.75 Å². The number of benzene rings is 1. The minimum absolute atomic E-state index is 0.0561. The molecule has 0 aromatic heterocycles. The molecule has 1 fully saturated rings. The lowest BCUT2D eigenvalue weighted by Crippen LogP contribution is -2.53. The third-order valence-corrected chi connectivity index (χ3v) is 4.32. The molecular formula is C18H26N2O4. The third kappa shape index (κ3) is 4.19. The molecule has 0 aliphatic carbocycles. The van der Waals surface area contributed by atoms with Crippen LogP contribution >= 0.6 is 0 Å². The number of ether oxygens (including phenoxy) is 2. The summed E-state index contributed by atoms with van der Waals surface area (Å²) in [4.78, 5) is 27.6. The molecule has 0 N–H and O–H groups in total. The van der Waals surface area contributed by atoms with Crippen molar-refractivity contribution in [3.05, 3.63) is 29.3 Å². The highest BCUT2D eigenvalue weighted by Gasteiger charge is 2.28. The highest BCUT2D eigenvalue weighted by Crippen LogP contribution is 2.22. The van der Waals surface area contributed by atoms with E-state index < -0.39 is 6.10 Å². The number of amides is 2. The molecule has 2 rings (SSSR count). The van der Waals surface area contributed by atoms with Crippen molar-refractivity contribution in [1.82, 2.24) is 9.80 Å². The molecule has 0 saturated carbocycles. The lowest BCUT2D eigenvalue weighted by atomic mass is 10.1. The second kappa shape index (κ2) is 8.04. The summed E-state index contributed by atoms with van der Waals surface area (Å²) in [6, 6.07) is 5.82. The second-order valence-electron chi connectivity index (χ2n) is 5.97. The molecule has 0 bridgehead atoms. The number of carbonyl (C=O) groups excluding carboxylic acids is 2. The van der Waals surface area contributed by atoms with E-state index in [1.54, 1.807) is 23.6 Å². The summed E-state index contributed by atoms with van der Waals surface area (Å²) in [7, 11) is 0. The summed E-state index contributed by atoms with van der Waals surface area (Å²) in [6.07, 6.45) is -0.871. The van der Waals surface area contributed by atoms with Crippen LogP contribution in [0.15, 0.2) is 18.2 Å². The van der Waals surface area contributed by atoms with Gasteiger partial charge in [-0.1, -0.05) is 12.1 Å². The van der Waals surface area contributed by atoms with E-state index in [9.17, 15) is 9.59 Å². The number of hydrogen-bond donors (Lipinski definition) is 0. The van der Waals surface area contributed by atoms with Crippen LogP contribution in [0.4, 0.5) is 4.79 Å². The van der Waals surface area contributed by atoms with E-state index in [0.29, 0.717) is 32.8 Å². The summed E-state index contributed by atoms with van der Waals surface area (Å²) in [5.41, 5.74) is 2.18. The van der Waals surface area contributed by atoms with Crippen LogP contribution in [0.1, 0.15) is 25.0 Å². The number of piperazine rings is 1. The lowest BCUT2D eigenvalue weighted by molar-refractivity contribution is -0.139. The standard InChI is InChI=1S/C18H26N2O4/c1-5-23-18(22)20-11-9-19(10-12-20)17(21)15(4)24-16-8-6-7-13(2)14(16)3/h6-8,15H,5,9-12H2,1-4H3. The summed E-state index contributed by atoms with van der Waals surface area (Å²) in [5.74, 6) is 0.681. The molecule has 1 aliphatic heterocycles. The maximum absolute atomic E-state index is 12.6. The van der Waals surface area contributed by atoms with Crippen molar-refractivity contribution >= 4 is 12.0 Å². The van der Waals surface area contributed by atoms with Crippen molar-refractivity contribution < 1.29 is 19.1 Å². The third-order valence-electron chi connectivity index (χ3n) is 4.32. The molecule has 132 valence electrons. The van der Waals surface area contributed by atoms with Gasteiger partial charge in [-0.15, -0.1) is 0 Å². The highest BCUT2D eigenvalue weighted by atomic mass is 16.6. The monoisotopic (exact) mass is 334 g/mol. The Morgan fingerprint density at radius 1 is 1.12 bits per heavy atom. The molecule has 1 unspecified atom stereocenters. The van der Waals surface area contributed by atoms with Gasteiger partial charge in [0, 0.05) is 26.2 Å². The first-order valence-electron chi connectivity index (χ1n) is 8.37. The average Bonchev–Trinajstić information content (AvgIpc) is 2.58. The molecule has 0 radical (unpaired) electrons. The molecule has 24 heavy (non-hydrogen) atoms. The van der Waals surface area contributed by atoms with E-state index in [-0.39, 0.29) is 12.0 Å². The van der Waals surface area contributed by atoms with Gasteiger partial charge in [0.25, 0.3) is 5.91 Å². The highest BCUT2D eigenvalue weighted by molar-refractivity contribution is 5.81. The molecule has 1 aliphatic rings. The molecule has 1 saturated heterocycles. The van der Waals surface area contributed by atoms with Crippen LogP contribution in [0.5, 0.6) is 5.75 Å². The zero-order chi connectivity index (χ0) is 17.7. The first-order chi connectivity index (χ1) is 11.4. The Balaban J connectivity index is 1.90. The number of aryl methyl sites for hydroxylation is 1. The van der Waals surface area contributed by atoms with E-state index in [4.69, 9.17) is 9.47 Å². The van der Waals surface area contributed by atoms with Crippen LogP contribution in [-0.2, 0) is 9.53 Å². The van der Waals surface area contributed by atoms with Gasteiger partial charge in [0.05, 0.1) is 6.61 Å². The molecule has 1 atom stereocenters. The van der Waals surface area contributed by atoms with Gasteiger partial charge in [-0.2, -0.15) is 0 Å². The van der Waals surface area contributed by atoms with Gasteiger partial charge < -0.3 is 19.3 Å². The summed E-state index contributed by atoms with van der Waals surface area (Å²) in [6.45, 7) is 9.88.